The number of ether oxygens (including phenoxy) is 4. The molecule has 0 N–H and O–H groups in total. The van der Waals surface area contributed by atoms with E-state index in [9.17, 15) is 9.59 Å². The summed E-state index contributed by atoms with van der Waals surface area (Å²) in [5.41, 5.74) is 7.37. The Hall–Kier alpha value is -4.58. The van der Waals surface area contributed by atoms with Crippen molar-refractivity contribution < 1.29 is 28.5 Å². The number of carbonyl (C=O) groups is 2. The van der Waals surface area contributed by atoms with Gasteiger partial charge in [0.2, 0.25) is 0 Å². The molecule has 0 amide bonds. The third kappa shape index (κ3) is 5.57. The molecule has 204 valence electrons. The lowest BCUT2D eigenvalue weighted by Crippen LogP contribution is -2.10. The van der Waals surface area contributed by atoms with E-state index in [4.69, 9.17) is 18.9 Å². The lowest BCUT2D eigenvalue weighted by Gasteiger charge is -2.21. The number of carbonyl (C=O) groups excluding carboxylic acids is 2. The number of hydrogen-bond acceptors (Lipinski definition) is 6. The van der Waals surface area contributed by atoms with Gasteiger partial charge in [0.05, 0.1) is 14.2 Å². The highest BCUT2D eigenvalue weighted by molar-refractivity contribution is 5.72. The first-order chi connectivity index (χ1) is 19.4. The maximum Gasteiger partial charge on any atom is 0.308 e. The zero-order chi connectivity index (χ0) is 28.2. The van der Waals surface area contributed by atoms with Crippen molar-refractivity contribution in [2.24, 2.45) is 0 Å². The largest absolute Gasteiger partial charge is 0.496 e. The Labute approximate surface area is 234 Å². The summed E-state index contributed by atoms with van der Waals surface area (Å²) in [6.07, 6.45) is 2.01. The van der Waals surface area contributed by atoms with Crippen LogP contribution in [0.25, 0.3) is 0 Å². The summed E-state index contributed by atoms with van der Waals surface area (Å²) in [5.74, 6) is 1.87. The highest BCUT2D eigenvalue weighted by Crippen LogP contribution is 2.38. The molecule has 0 heterocycles. The van der Waals surface area contributed by atoms with Crippen LogP contribution in [0.5, 0.6) is 23.0 Å². The van der Waals surface area contributed by atoms with Crippen LogP contribution in [0.1, 0.15) is 58.4 Å². The van der Waals surface area contributed by atoms with Gasteiger partial charge in [-0.1, -0.05) is 72.8 Å². The first kappa shape index (κ1) is 27.0. The third-order valence-electron chi connectivity index (χ3n) is 7.14. The van der Waals surface area contributed by atoms with Crippen molar-refractivity contribution in [3.05, 3.63) is 117 Å². The summed E-state index contributed by atoms with van der Waals surface area (Å²) in [5, 5.41) is 0. The maximum atomic E-state index is 12.2. The monoisotopic (exact) mass is 536 g/mol. The highest BCUT2D eigenvalue weighted by atomic mass is 16.5. The van der Waals surface area contributed by atoms with E-state index in [1.807, 2.05) is 72.8 Å². The lowest BCUT2D eigenvalue weighted by atomic mass is 9.91. The van der Waals surface area contributed by atoms with E-state index >= 15 is 0 Å². The van der Waals surface area contributed by atoms with Gasteiger partial charge in [-0.2, -0.15) is 0 Å². The number of benzene rings is 4. The van der Waals surface area contributed by atoms with Crippen LogP contribution in [-0.4, -0.2) is 26.2 Å². The van der Waals surface area contributed by atoms with Crippen LogP contribution in [0.4, 0.5) is 0 Å². The Kier molecular flexibility index (Phi) is 7.87. The molecule has 4 aromatic rings. The number of hydrogen-bond donors (Lipinski definition) is 0. The van der Waals surface area contributed by atoms with Crippen molar-refractivity contribution in [2.75, 3.05) is 14.2 Å². The Morgan fingerprint density at radius 3 is 0.875 bits per heavy atom. The summed E-state index contributed by atoms with van der Waals surface area (Å²) in [7, 11) is 3.32. The van der Waals surface area contributed by atoms with E-state index in [0.717, 1.165) is 56.0 Å². The van der Waals surface area contributed by atoms with Gasteiger partial charge in [-0.3, -0.25) is 9.59 Å². The molecule has 8 bridgehead atoms. The van der Waals surface area contributed by atoms with Crippen molar-refractivity contribution in [2.45, 2.75) is 39.5 Å². The summed E-state index contributed by atoms with van der Waals surface area (Å²) in [4.78, 5) is 24.4. The van der Waals surface area contributed by atoms with E-state index in [2.05, 4.69) is 0 Å². The molecule has 0 unspecified atom stereocenters. The van der Waals surface area contributed by atoms with Crippen LogP contribution in [0, 0.1) is 0 Å². The Morgan fingerprint density at radius 2 is 0.675 bits per heavy atom. The Balaban J connectivity index is 1.77. The summed E-state index contributed by atoms with van der Waals surface area (Å²) < 4.78 is 23.5. The van der Waals surface area contributed by atoms with Gasteiger partial charge in [0.25, 0.3) is 0 Å². The fourth-order valence-corrected chi connectivity index (χ4v) is 5.56. The topological polar surface area (TPSA) is 71.1 Å². The van der Waals surface area contributed by atoms with Gasteiger partial charge < -0.3 is 18.9 Å². The molecule has 5 rings (SSSR count). The third-order valence-corrected chi connectivity index (χ3v) is 7.14. The average molecular weight is 537 g/mol. The zero-order valence-corrected chi connectivity index (χ0v) is 23.2. The minimum absolute atomic E-state index is 0.374. The molecular formula is C34H32O6. The second-order valence-electron chi connectivity index (χ2n) is 9.92. The molecule has 1 aliphatic carbocycles. The van der Waals surface area contributed by atoms with Crippen LogP contribution >= 0.6 is 0 Å². The molecule has 0 fully saturated rings. The Morgan fingerprint density at radius 1 is 0.450 bits per heavy atom. The van der Waals surface area contributed by atoms with E-state index in [1.54, 1.807) is 14.2 Å². The average Bonchev–Trinajstić information content (AvgIpc) is 2.91. The molecule has 0 atom stereocenters. The number of para-hydroxylation sites is 4. The van der Waals surface area contributed by atoms with Crippen LogP contribution in [-0.2, 0) is 35.3 Å². The number of methoxy groups -OCH3 is 2. The van der Waals surface area contributed by atoms with E-state index in [1.165, 1.54) is 13.8 Å². The van der Waals surface area contributed by atoms with Gasteiger partial charge in [-0.05, 0) is 44.5 Å². The first-order valence-corrected chi connectivity index (χ1v) is 13.3. The predicted octanol–water partition coefficient (Wildman–Crippen LogP) is 6.23. The van der Waals surface area contributed by atoms with Crippen molar-refractivity contribution in [1.82, 2.24) is 0 Å². The summed E-state index contributed by atoms with van der Waals surface area (Å²) in [6, 6.07) is 24.0. The molecule has 0 saturated heterocycles. The van der Waals surface area contributed by atoms with Crippen LogP contribution in [0.2, 0.25) is 0 Å². The summed E-state index contributed by atoms with van der Waals surface area (Å²) >= 11 is 0. The number of rotatable bonds is 4. The van der Waals surface area contributed by atoms with Crippen LogP contribution < -0.4 is 18.9 Å². The van der Waals surface area contributed by atoms with Gasteiger partial charge in [0, 0.05) is 39.5 Å². The molecule has 6 nitrogen and oxygen atoms in total. The molecule has 1 aliphatic rings. The normalized spacial score (nSPS) is 12.3. The predicted molar refractivity (Wildman–Crippen MR) is 153 cm³/mol. The quantitative estimate of drug-likeness (QED) is 0.200. The Bertz CT molecular complexity index is 1380. The molecule has 0 aromatic heterocycles. The van der Waals surface area contributed by atoms with Crippen molar-refractivity contribution >= 4 is 11.9 Å². The standard InChI is InChI=1S/C34H32O6/c1-21(35)39-33-27-13-7-14-28(33)18-24-10-6-12-26(32(24)38-4)20-30-16-8-15-29(34(30)40-22(2)36)19-25-11-5-9-23(17-27)31(25)37-3/h5-16H,17-20H2,1-4H3. The molecule has 0 aliphatic heterocycles. The number of fused-ring (bicyclic) bond motifs is 8. The van der Waals surface area contributed by atoms with Crippen molar-refractivity contribution in [1.29, 1.82) is 0 Å². The van der Waals surface area contributed by atoms with Crippen molar-refractivity contribution in [3.8, 4) is 23.0 Å². The smallest absolute Gasteiger partial charge is 0.308 e. The zero-order valence-electron chi connectivity index (χ0n) is 23.2. The van der Waals surface area contributed by atoms with Gasteiger partial charge in [-0.25, -0.2) is 0 Å². The van der Waals surface area contributed by atoms with E-state index < -0.39 is 0 Å². The molecule has 6 heteroatoms. The molecule has 0 saturated carbocycles. The minimum Gasteiger partial charge on any atom is -0.496 e. The van der Waals surface area contributed by atoms with Gasteiger partial charge in [-0.15, -0.1) is 0 Å². The first-order valence-electron chi connectivity index (χ1n) is 13.3. The molecule has 40 heavy (non-hydrogen) atoms. The maximum absolute atomic E-state index is 12.2. The molecular weight excluding hydrogens is 504 g/mol. The molecule has 0 radical (unpaired) electrons. The van der Waals surface area contributed by atoms with Crippen LogP contribution in [0.15, 0.2) is 72.8 Å². The highest BCUT2D eigenvalue weighted by Gasteiger charge is 2.21. The molecule has 0 spiro atoms. The second-order valence-corrected chi connectivity index (χ2v) is 9.92. The fraction of sp³-hybridized carbons (Fsp3) is 0.235. The lowest BCUT2D eigenvalue weighted by molar-refractivity contribution is -0.132. The SMILES string of the molecule is COc1c2cccc1Cc1cccc(c1OC(C)=O)Cc1cccc(c1OC)Cc1cccc(c1OC(C)=O)C2. The number of esters is 2. The second kappa shape index (κ2) is 11.7. The fourth-order valence-electron chi connectivity index (χ4n) is 5.56. The van der Waals surface area contributed by atoms with Gasteiger partial charge in [0.1, 0.15) is 23.0 Å². The van der Waals surface area contributed by atoms with Gasteiger partial charge >= 0.3 is 11.9 Å². The summed E-state index contributed by atoms with van der Waals surface area (Å²) in [6.45, 7) is 2.84. The van der Waals surface area contributed by atoms with Gasteiger partial charge in [0.15, 0.2) is 0 Å². The van der Waals surface area contributed by atoms with Crippen molar-refractivity contribution in [3.63, 3.8) is 0 Å². The van der Waals surface area contributed by atoms with E-state index in [-0.39, 0.29) is 11.9 Å². The minimum atomic E-state index is -0.374. The van der Waals surface area contributed by atoms with Crippen LogP contribution in [0.3, 0.4) is 0 Å². The van der Waals surface area contributed by atoms with E-state index in [0.29, 0.717) is 37.2 Å². The molecule has 4 aromatic carbocycles.